The summed E-state index contributed by atoms with van der Waals surface area (Å²) in [6.45, 7) is 0.513. The second kappa shape index (κ2) is 6.84. The van der Waals surface area contributed by atoms with E-state index in [1.165, 1.54) is 41.5 Å². The summed E-state index contributed by atoms with van der Waals surface area (Å²) >= 11 is 0. The first-order chi connectivity index (χ1) is 14.7. The Balaban J connectivity index is 1.18. The molecule has 156 valence electrons. The maximum atomic E-state index is 12.9. The highest BCUT2D eigenvalue weighted by molar-refractivity contribution is 5.79. The highest BCUT2D eigenvalue weighted by Crippen LogP contribution is 2.59. The van der Waals surface area contributed by atoms with Crippen LogP contribution in [0.25, 0.3) is 11.1 Å². The van der Waals surface area contributed by atoms with E-state index in [9.17, 15) is 9.90 Å². The number of nitrogens with one attached hydrogen (secondary N) is 1. The number of carbonyl (C=O) groups is 1. The molecule has 0 spiro atoms. The maximum Gasteiger partial charge on any atom is 0.407 e. The van der Waals surface area contributed by atoms with Crippen LogP contribution in [0.4, 0.5) is 4.79 Å². The van der Waals surface area contributed by atoms with E-state index in [1.807, 2.05) is 0 Å². The number of hydrogen-bond donors (Lipinski definition) is 2. The number of aliphatic hydroxyl groups excluding tert-OH is 1. The van der Waals surface area contributed by atoms with Crippen LogP contribution >= 0.6 is 0 Å². The fraction of sp³-hybridized carbons (Fsp3) is 0.500. The van der Waals surface area contributed by atoms with Crippen LogP contribution in [0.5, 0.6) is 0 Å². The summed E-state index contributed by atoms with van der Waals surface area (Å²) in [5.41, 5.74) is 4.80. The summed E-state index contributed by atoms with van der Waals surface area (Å²) < 4.78 is 5.80. The van der Waals surface area contributed by atoms with Crippen molar-refractivity contribution in [1.29, 1.82) is 0 Å². The summed E-state index contributed by atoms with van der Waals surface area (Å²) in [6, 6.07) is 16.8. The number of benzene rings is 2. The minimum atomic E-state index is -0.331. The number of hydrogen-bond acceptors (Lipinski definition) is 3. The molecule has 5 aliphatic carbocycles. The summed E-state index contributed by atoms with van der Waals surface area (Å²) in [5.74, 6) is 2.03. The van der Waals surface area contributed by atoms with E-state index < -0.39 is 0 Å². The Morgan fingerprint density at radius 2 is 1.57 bits per heavy atom. The van der Waals surface area contributed by atoms with Gasteiger partial charge in [0, 0.05) is 17.4 Å². The summed E-state index contributed by atoms with van der Waals surface area (Å²) in [6.07, 6.45) is 5.45. The molecule has 5 aliphatic rings. The summed E-state index contributed by atoms with van der Waals surface area (Å²) in [5, 5.41) is 13.4. The minimum absolute atomic E-state index is 0.0472. The third-order valence-electron chi connectivity index (χ3n) is 8.39. The van der Waals surface area contributed by atoms with Crippen LogP contribution < -0.4 is 5.32 Å². The lowest BCUT2D eigenvalue weighted by molar-refractivity contribution is -0.107. The summed E-state index contributed by atoms with van der Waals surface area (Å²) in [4.78, 5) is 12.9. The van der Waals surface area contributed by atoms with Gasteiger partial charge >= 0.3 is 6.09 Å². The molecule has 4 nitrogen and oxygen atoms in total. The predicted molar refractivity (Wildman–Crippen MR) is 115 cm³/mol. The number of alkyl carbamates (subject to hydrolysis) is 1. The van der Waals surface area contributed by atoms with Crippen LogP contribution in [0.2, 0.25) is 0 Å². The zero-order valence-electron chi connectivity index (χ0n) is 17.2. The van der Waals surface area contributed by atoms with Gasteiger partial charge in [0.15, 0.2) is 0 Å². The number of carbonyl (C=O) groups excluding carboxylic acids is 1. The van der Waals surface area contributed by atoms with Crippen molar-refractivity contribution in [3.05, 3.63) is 59.7 Å². The van der Waals surface area contributed by atoms with Crippen molar-refractivity contribution in [3.8, 4) is 11.1 Å². The van der Waals surface area contributed by atoms with Gasteiger partial charge in [-0.3, -0.25) is 0 Å². The first-order valence-corrected chi connectivity index (χ1v) is 11.4. The lowest BCUT2D eigenvalue weighted by Crippen LogP contribution is -2.63. The first-order valence-electron chi connectivity index (χ1n) is 11.4. The number of aliphatic hydroxyl groups is 1. The van der Waals surface area contributed by atoms with E-state index in [0.29, 0.717) is 12.5 Å². The van der Waals surface area contributed by atoms with Gasteiger partial charge in [-0.05, 0) is 72.1 Å². The van der Waals surface area contributed by atoms with Crippen LogP contribution in [-0.4, -0.2) is 30.5 Å². The highest BCUT2D eigenvalue weighted by Gasteiger charge is 2.57. The smallest absolute Gasteiger partial charge is 0.407 e. The van der Waals surface area contributed by atoms with Gasteiger partial charge < -0.3 is 15.2 Å². The van der Waals surface area contributed by atoms with Crippen molar-refractivity contribution < 1.29 is 14.6 Å². The minimum Gasteiger partial charge on any atom is -0.449 e. The van der Waals surface area contributed by atoms with Gasteiger partial charge in [-0.2, -0.15) is 0 Å². The molecule has 0 radical (unpaired) electrons. The van der Waals surface area contributed by atoms with Gasteiger partial charge in [0.1, 0.15) is 6.61 Å². The SMILES string of the molecule is O=C(NC1C2CC3CC(C2)CC1(CO)C3)OCC1c2ccccc2-c2ccccc21. The molecule has 2 aromatic carbocycles. The normalized spacial score (nSPS) is 33.2. The fourth-order valence-corrected chi connectivity index (χ4v) is 7.47. The molecule has 30 heavy (non-hydrogen) atoms. The van der Waals surface area contributed by atoms with Gasteiger partial charge in [-0.15, -0.1) is 0 Å². The molecular weight excluding hydrogens is 374 g/mol. The predicted octanol–water partition coefficient (Wildman–Crippen LogP) is 4.71. The lowest BCUT2D eigenvalue weighted by atomic mass is 9.47. The topological polar surface area (TPSA) is 58.6 Å². The second-order valence-corrected chi connectivity index (χ2v) is 10.1. The van der Waals surface area contributed by atoms with Crippen molar-refractivity contribution in [3.63, 3.8) is 0 Å². The molecule has 7 rings (SSSR count). The van der Waals surface area contributed by atoms with Crippen LogP contribution in [0.15, 0.2) is 48.5 Å². The number of fused-ring (bicyclic) bond motifs is 3. The monoisotopic (exact) mass is 403 g/mol. The van der Waals surface area contributed by atoms with Gasteiger partial charge in [-0.25, -0.2) is 4.79 Å². The molecule has 0 aromatic heterocycles. The van der Waals surface area contributed by atoms with E-state index in [4.69, 9.17) is 4.74 Å². The van der Waals surface area contributed by atoms with Crippen molar-refractivity contribution in [2.45, 2.75) is 44.1 Å². The maximum absolute atomic E-state index is 12.9. The van der Waals surface area contributed by atoms with Gasteiger partial charge in [-0.1, -0.05) is 48.5 Å². The molecule has 4 fully saturated rings. The van der Waals surface area contributed by atoms with Gasteiger partial charge in [0.25, 0.3) is 0 Å². The van der Waals surface area contributed by atoms with Crippen molar-refractivity contribution in [2.24, 2.45) is 23.2 Å². The number of ether oxygens (including phenoxy) is 1. The zero-order chi connectivity index (χ0) is 20.3. The highest BCUT2D eigenvalue weighted by atomic mass is 16.5. The third kappa shape index (κ3) is 2.73. The largest absolute Gasteiger partial charge is 0.449 e. The Bertz CT molecular complexity index is 926. The Morgan fingerprint density at radius 1 is 0.967 bits per heavy atom. The molecule has 4 bridgehead atoms. The number of rotatable bonds is 4. The molecule has 1 amide bonds. The first kappa shape index (κ1) is 18.4. The lowest BCUT2D eigenvalue weighted by Gasteiger charge is -2.60. The fourth-order valence-electron chi connectivity index (χ4n) is 7.47. The van der Waals surface area contributed by atoms with E-state index in [-0.39, 0.29) is 30.1 Å². The average molecular weight is 404 g/mol. The molecule has 4 heteroatoms. The van der Waals surface area contributed by atoms with E-state index in [1.54, 1.807) is 0 Å². The number of amides is 1. The Kier molecular flexibility index (Phi) is 4.21. The molecular formula is C26H29NO3. The molecule has 4 saturated carbocycles. The summed E-state index contributed by atoms with van der Waals surface area (Å²) in [7, 11) is 0. The van der Waals surface area contributed by atoms with Crippen molar-refractivity contribution >= 4 is 6.09 Å². The van der Waals surface area contributed by atoms with E-state index in [0.717, 1.165) is 24.7 Å². The molecule has 2 N–H and O–H groups in total. The molecule has 0 aliphatic heterocycles. The molecule has 0 saturated heterocycles. The Morgan fingerprint density at radius 3 is 2.17 bits per heavy atom. The molecule has 0 heterocycles. The van der Waals surface area contributed by atoms with Crippen LogP contribution in [0.1, 0.15) is 49.1 Å². The molecule has 2 aromatic rings. The van der Waals surface area contributed by atoms with Crippen molar-refractivity contribution in [2.75, 3.05) is 13.2 Å². The van der Waals surface area contributed by atoms with Crippen LogP contribution in [0, 0.1) is 23.2 Å². The standard InChI is InChI=1S/C26H29NO3/c28-15-26-12-16-9-17(13-26)11-18(10-16)24(26)27-25(29)30-14-23-21-7-3-1-5-19(21)20-6-2-4-8-22(20)23/h1-8,16-18,23-24,28H,9-15H2,(H,27,29). The zero-order valence-corrected chi connectivity index (χ0v) is 17.2. The van der Waals surface area contributed by atoms with Crippen LogP contribution in [-0.2, 0) is 4.74 Å². The van der Waals surface area contributed by atoms with Crippen molar-refractivity contribution in [1.82, 2.24) is 5.32 Å². The van der Waals surface area contributed by atoms with Gasteiger partial charge in [0.05, 0.1) is 6.61 Å². The Hall–Kier alpha value is -2.33. The average Bonchev–Trinajstić information content (AvgIpc) is 3.08. The van der Waals surface area contributed by atoms with Crippen LogP contribution in [0.3, 0.4) is 0 Å². The second-order valence-electron chi connectivity index (χ2n) is 10.1. The molecule has 3 atom stereocenters. The quantitative estimate of drug-likeness (QED) is 0.777. The molecule has 3 unspecified atom stereocenters. The Labute approximate surface area is 177 Å². The van der Waals surface area contributed by atoms with E-state index >= 15 is 0 Å². The third-order valence-corrected chi connectivity index (χ3v) is 8.39. The van der Waals surface area contributed by atoms with E-state index in [2.05, 4.69) is 53.8 Å². The van der Waals surface area contributed by atoms with Gasteiger partial charge in [0.2, 0.25) is 0 Å².